The Labute approximate surface area is 145 Å². The quantitative estimate of drug-likeness (QED) is 0.674. The fourth-order valence-electron chi connectivity index (χ4n) is 2.53. The molecule has 0 saturated heterocycles. The number of aromatic nitrogens is 2. The molecular weight excluding hydrogens is 319 g/mol. The lowest BCUT2D eigenvalue weighted by Crippen LogP contribution is -2.28. The van der Waals surface area contributed by atoms with Gasteiger partial charge in [0.2, 0.25) is 0 Å². The Hall–Kier alpha value is -2.89. The fourth-order valence-corrected chi connectivity index (χ4v) is 2.53. The zero-order chi connectivity index (χ0) is 18.0. The highest BCUT2D eigenvalue weighted by molar-refractivity contribution is 5.93. The van der Waals surface area contributed by atoms with Gasteiger partial charge in [0, 0.05) is 23.2 Å². The Morgan fingerprint density at radius 1 is 1.08 bits per heavy atom. The van der Waals surface area contributed by atoms with Gasteiger partial charge in [-0.1, -0.05) is 12.1 Å². The van der Waals surface area contributed by atoms with Crippen LogP contribution >= 0.6 is 0 Å². The van der Waals surface area contributed by atoms with E-state index in [2.05, 4.69) is 20.8 Å². The van der Waals surface area contributed by atoms with E-state index in [-0.39, 0.29) is 16.9 Å². The van der Waals surface area contributed by atoms with Gasteiger partial charge in [0.15, 0.2) is 5.82 Å². The molecule has 0 aliphatic carbocycles. The summed E-state index contributed by atoms with van der Waals surface area (Å²) in [5.74, 6) is 0.380. The Morgan fingerprint density at radius 2 is 1.80 bits per heavy atom. The Balaban J connectivity index is 1.90. The first-order valence-electron chi connectivity index (χ1n) is 8.11. The number of anilines is 2. The highest BCUT2D eigenvalue weighted by atomic mass is 19.1. The lowest BCUT2D eigenvalue weighted by molar-refractivity contribution is 0.627. The minimum absolute atomic E-state index is 0.185. The van der Waals surface area contributed by atoms with Crippen LogP contribution in [0.5, 0.6) is 0 Å². The molecule has 0 aliphatic rings. The van der Waals surface area contributed by atoms with E-state index < -0.39 is 0 Å². The minimum Gasteiger partial charge on any atom is -0.381 e. The van der Waals surface area contributed by atoms with Gasteiger partial charge in [-0.15, -0.1) is 0 Å². The lowest BCUT2D eigenvalue weighted by Gasteiger charge is -2.22. The van der Waals surface area contributed by atoms with Crippen molar-refractivity contribution in [3.05, 3.63) is 64.2 Å². The average Bonchev–Trinajstić information content (AvgIpc) is 2.56. The molecule has 25 heavy (non-hydrogen) atoms. The Bertz CT molecular complexity index is 942. The van der Waals surface area contributed by atoms with Crippen LogP contribution in [-0.4, -0.2) is 15.7 Å². The third kappa shape index (κ3) is 4.15. The third-order valence-electron chi connectivity index (χ3n) is 3.69. The van der Waals surface area contributed by atoms with Crippen molar-refractivity contribution in [2.24, 2.45) is 0 Å². The summed E-state index contributed by atoms with van der Waals surface area (Å²) in [6.45, 7) is 6.65. The van der Waals surface area contributed by atoms with Crippen molar-refractivity contribution in [2.45, 2.75) is 32.9 Å². The van der Waals surface area contributed by atoms with Gasteiger partial charge in [-0.25, -0.2) is 9.49 Å². The molecule has 0 fully saturated rings. The first-order valence-corrected chi connectivity index (χ1v) is 8.11. The Kier molecular flexibility index (Phi) is 4.44. The highest BCUT2D eigenvalue weighted by Crippen LogP contribution is 2.24. The summed E-state index contributed by atoms with van der Waals surface area (Å²) in [7, 11) is 0. The zero-order valence-corrected chi connectivity index (χ0v) is 14.5. The number of aromatic amines is 1. The van der Waals surface area contributed by atoms with Crippen molar-refractivity contribution in [2.75, 3.05) is 10.6 Å². The highest BCUT2D eigenvalue weighted by Gasteiger charge is 2.14. The zero-order valence-electron chi connectivity index (χ0n) is 14.5. The largest absolute Gasteiger partial charge is 0.381 e. The molecule has 6 heteroatoms. The van der Waals surface area contributed by atoms with Gasteiger partial charge in [-0.2, -0.15) is 5.10 Å². The maximum atomic E-state index is 13.0. The van der Waals surface area contributed by atoms with Gasteiger partial charge >= 0.3 is 0 Å². The summed E-state index contributed by atoms with van der Waals surface area (Å²) in [5.41, 5.74) is 1.43. The maximum absolute atomic E-state index is 13.0. The van der Waals surface area contributed by atoms with E-state index in [0.717, 1.165) is 16.6 Å². The van der Waals surface area contributed by atoms with Crippen molar-refractivity contribution in [1.82, 2.24) is 10.2 Å². The van der Waals surface area contributed by atoms with Crippen LogP contribution in [-0.2, 0) is 6.54 Å². The number of hydrogen-bond donors (Lipinski definition) is 3. The molecule has 0 saturated carbocycles. The topological polar surface area (TPSA) is 69.8 Å². The van der Waals surface area contributed by atoms with Crippen LogP contribution in [0, 0.1) is 5.82 Å². The van der Waals surface area contributed by atoms with E-state index in [1.807, 2.05) is 32.9 Å². The number of fused-ring (bicyclic) bond motifs is 1. The molecule has 130 valence electrons. The molecule has 0 unspecified atom stereocenters. The first-order chi connectivity index (χ1) is 11.8. The number of rotatable bonds is 4. The standard InChI is InChI=1S/C19H21FN4O/c1-19(2,3)22-17-16-10-14(8-9-15(16)18(25)24-23-17)21-11-12-4-6-13(20)7-5-12/h4-10,21H,11H2,1-3H3,(H,22,23)(H,24,25). The summed E-state index contributed by atoms with van der Waals surface area (Å²) >= 11 is 0. The van der Waals surface area contributed by atoms with Crippen molar-refractivity contribution in [3.63, 3.8) is 0 Å². The van der Waals surface area contributed by atoms with E-state index in [9.17, 15) is 9.18 Å². The normalized spacial score (nSPS) is 11.5. The van der Waals surface area contributed by atoms with Crippen LogP contribution in [0.1, 0.15) is 26.3 Å². The van der Waals surface area contributed by atoms with Crippen molar-refractivity contribution in [3.8, 4) is 0 Å². The molecule has 1 heterocycles. The van der Waals surface area contributed by atoms with E-state index in [4.69, 9.17) is 0 Å². The number of H-pyrrole nitrogens is 1. The van der Waals surface area contributed by atoms with Crippen LogP contribution in [0.25, 0.3) is 10.8 Å². The van der Waals surface area contributed by atoms with E-state index in [1.54, 1.807) is 18.2 Å². The molecule has 3 rings (SSSR count). The molecule has 0 spiro atoms. The number of nitrogens with zero attached hydrogens (tertiary/aromatic N) is 1. The monoisotopic (exact) mass is 340 g/mol. The first kappa shape index (κ1) is 17.0. The number of benzene rings is 2. The lowest BCUT2D eigenvalue weighted by atomic mass is 10.1. The van der Waals surface area contributed by atoms with Gasteiger partial charge in [0.25, 0.3) is 5.56 Å². The molecule has 0 bridgehead atoms. The summed E-state index contributed by atoms with van der Waals surface area (Å²) in [5, 5.41) is 14.6. The van der Waals surface area contributed by atoms with Crippen molar-refractivity contribution < 1.29 is 4.39 Å². The van der Waals surface area contributed by atoms with Crippen LogP contribution in [0.4, 0.5) is 15.9 Å². The Morgan fingerprint density at radius 3 is 2.48 bits per heavy atom. The van der Waals surface area contributed by atoms with Gasteiger partial charge in [0.05, 0.1) is 5.39 Å². The molecular formula is C19H21FN4O. The van der Waals surface area contributed by atoms with Crippen LogP contribution < -0.4 is 16.2 Å². The van der Waals surface area contributed by atoms with E-state index in [1.165, 1.54) is 12.1 Å². The third-order valence-corrected chi connectivity index (χ3v) is 3.69. The van der Waals surface area contributed by atoms with Crippen LogP contribution in [0.15, 0.2) is 47.3 Å². The molecule has 0 aliphatic heterocycles. The second-order valence-corrected chi connectivity index (χ2v) is 7.02. The molecule has 0 atom stereocenters. The van der Waals surface area contributed by atoms with E-state index in [0.29, 0.717) is 17.7 Å². The summed E-state index contributed by atoms with van der Waals surface area (Å²) in [4.78, 5) is 12.0. The van der Waals surface area contributed by atoms with Crippen molar-refractivity contribution >= 4 is 22.3 Å². The number of nitrogens with one attached hydrogen (secondary N) is 3. The van der Waals surface area contributed by atoms with Gasteiger partial charge < -0.3 is 10.6 Å². The summed E-state index contributed by atoms with van der Waals surface area (Å²) in [6, 6.07) is 11.9. The summed E-state index contributed by atoms with van der Waals surface area (Å²) < 4.78 is 13.0. The van der Waals surface area contributed by atoms with Gasteiger partial charge in [-0.05, 0) is 56.7 Å². The SMILES string of the molecule is CC(C)(C)Nc1n[nH]c(=O)c2ccc(NCc3ccc(F)cc3)cc12. The van der Waals surface area contributed by atoms with E-state index >= 15 is 0 Å². The molecule has 3 aromatic rings. The molecule has 5 nitrogen and oxygen atoms in total. The predicted octanol–water partition coefficient (Wildman–Crippen LogP) is 3.88. The van der Waals surface area contributed by atoms with Gasteiger partial charge in [0.1, 0.15) is 5.82 Å². The molecule has 1 aromatic heterocycles. The molecule has 2 aromatic carbocycles. The average molecular weight is 340 g/mol. The maximum Gasteiger partial charge on any atom is 0.272 e. The molecule has 0 radical (unpaired) electrons. The van der Waals surface area contributed by atoms with Crippen LogP contribution in [0.2, 0.25) is 0 Å². The van der Waals surface area contributed by atoms with Crippen LogP contribution in [0.3, 0.4) is 0 Å². The minimum atomic E-state index is -0.252. The van der Waals surface area contributed by atoms with Gasteiger partial charge in [-0.3, -0.25) is 4.79 Å². The summed E-state index contributed by atoms with van der Waals surface area (Å²) in [6.07, 6.45) is 0. The molecule has 3 N–H and O–H groups in total. The second kappa shape index (κ2) is 6.55. The predicted molar refractivity (Wildman–Crippen MR) is 99.5 cm³/mol. The van der Waals surface area contributed by atoms with Crippen molar-refractivity contribution in [1.29, 1.82) is 0 Å². The molecule has 0 amide bonds. The smallest absolute Gasteiger partial charge is 0.272 e. The number of halogens is 1. The second-order valence-electron chi connectivity index (χ2n) is 7.02. The number of hydrogen-bond acceptors (Lipinski definition) is 4. The fraction of sp³-hybridized carbons (Fsp3) is 0.263.